The van der Waals surface area contributed by atoms with E-state index in [1.807, 2.05) is 18.7 Å². The Hall–Kier alpha value is -0.390. The standard InChI is InChI=1S/C12H19BrN2O2/c1-8-12(13)9(15(2)14-8)7-10(16)11-5-3-4-6-17-11/h10-11,16H,3-7H2,1-2H3. The van der Waals surface area contributed by atoms with Gasteiger partial charge < -0.3 is 9.84 Å². The fourth-order valence-electron chi connectivity index (χ4n) is 2.30. The van der Waals surface area contributed by atoms with E-state index in [0.717, 1.165) is 41.7 Å². The second kappa shape index (κ2) is 5.50. The lowest BCUT2D eigenvalue weighted by Crippen LogP contribution is -2.34. The Morgan fingerprint density at radius 2 is 2.35 bits per heavy atom. The van der Waals surface area contributed by atoms with Crippen LogP contribution in [0.1, 0.15) is 30.7 Å². The Bertz CT molecular complexity index is 386. The summed E-state index contributed by atoms with van der Waals surface area (Å²) in [7, 11) is 1.90. The number of aliphatic hydroxyl groups excluding tert-OH is 1. The molecule has 0 spiro atoms. The normalized spacial score (nSPS) is 22.7. The van der Waals surface area contributed by atoms with Crippen molar-refractivity contribution < 1.29 is 9.84 Å². The highest BCUT2D eigenvalue weighted by molar-refractivity contribution is 9.10. The van der Waals surface area contributed by atoms with Gasteiger partial charge in [-0.2, -0.15) is 5.10 Å². The van der Waals surface area contributed by atoms with E-state index < -0.39 is 6.10 Å². The molecule has 0 aliphatic carbocycles. The molecule has 4 nitrogen and oxygen atoms in total. The summed E-state index contributed by atoms with van der Waals surface area (Å²) in [4.78, 5) is 0. The van der Waals surface area contributed by atoms with Crippen LogP contribution in [-0.2, 0) is 18.2 Å². The van der Waals surface area contributed by atoms with Gasteiger partial charge in [-0.3, -0.25) is 4.68 Å². The van der Waals surface area contributed by atoms with Crippen molar-refractivity contribution in [1.29, 1.82) is 0 Å². The van der Waals surface area contributed by atoms with Crippen LogP contribution in [0.3, 0.4) is 0 Å². The maximum absolute atomic E-state index is 10.2. The molecule has 1 aliphatic rings. The van der Waals surface area contributed by atoms with Crippen LogP contribution in [0, 0.1) is 6.92 Å². The molecule has 1 N–H and O–H groups in total. The third kappa shape index (κ3) is 2.89. The van der Waals surface area contributed by atoms with E-state index in [4.69, 9.17) is 4.74 Å². The largest absolute Gasteiger partial charge is 0.390 e. The predicted octanol–water partition coefficient (Wildman–Crippen LogP) is 1.96. The van der Waals surface area contributed by atoms with Crippen LogP contribution in [0.5, 0.6) is 0 Å². The van der Waals surface area contributed by atoms with Gasteiger partial charge >= 0.3 is 0 Å². The molecule has 0 amide bonds. The average Bonchev–Trinajstić information content (AvgIpc) is 2.57. The predicted molar refractivity (Wildman–Crippen MR) is 68.9 cm³/mol. The number of aliphatic hydroxyl groups is 1. The van der Waals surface area contributed by atoms with Gasteiger partial charge in [0.15, 0.2) is 0 Å². The molecular weight excluding hydrogens is 284 g/mol. The molecule has 17 heavy (non-hydrogen) atoms. The van der Waals surface area contributed by atoms with Crippen LogP contribution in [0.4, 0.5) is 0 Å². The van der Waals surface area contributed by atoms with Crippen molar-refractivity contribution in [2.45, 2.75) is 44.8 Å². The molecular formula is C12H19BrN2O2. The van der Waals surface area contributed by atoms with Crippen LogP contribution in [-0.4, -0.2) is 33.7 Å². The Kier molecular flexibility index (Phi) is 4.22. The first-order valence-corrected chi connectivity index (χ1v) is 6.86. The van der Waals surface area contributed by atoms with E-state index in [2.05, 4.69) is 21.0 Å². The highest BCUT2D eigenvalue weighted by Gasteiger charge is 2.25. The molecule has 1 aliphatic heterocycles. The van der Waals surface area contributed by atoms with Crippen LogP contribution < -0.4 is 0 Å². The van der Waals surface area contributed by atoms with Gasteiger partial charge in [-0.25, -0.2) is 0 Å². The van der Waals surface area contributed by atoms with E-state index in [1.54, 1.807) is 0 Å². The lowest BCUT2D eigenvalue weighted by atomic mass is 10.0. The number of hydrogen-bond acceptors (Lipinski definition) is 3. The SMILES string of the molecule is Cc1nn(C)c(CC(O)C2CCCCO2)c1Br. The van der Waals surface area contributed by atoms with Gasteiger partial charge in [-0.05, 0) is 42.1 Å². The first kappa shape index (κ1) is 13.1. The van der Waals surface area contributed by atoms with Crippen molar-refractivity contribution in [3.8, 4) is 0 Å². The topological polar surface area (TPSA) is 47.3 Å². The zero-order valence-corrected chi connectivity index (χ0v) is 11.9. The quantitative estimate of drug-likeness (QED) is 0.928. The van der Waals surface area contributed by atoms with Gasteiger partial charge in [-0.15, -0.1) is 0 Å². The second-order valence-electron chi connectivity index (χ2n) is 4.65. The van der Waals surface area contributed by atoms with E-state index in [9.17, 15) is 5.11 Å². The molecule has 2 heterocycles. The fraction of sp³-hybridized carbons (Fsp3) is 0.750. The first-order chi connectivity index (χ1) is 8.09. The molecule has 2 unspecified atom stereocenters. The summed E-state index contributed by atoms with van der Waals surface area (Å²) in [6, 6.07) is 0. The van der Waals surface area contributed by atoms with Crippen LogP contribution in [0.25, 0.3) is 0 Å². The van der Waals surface area contributed by atoms with Gasteiger partial charge in [0.1, 0.15) is 0 Å². The van der Waals surface area contributed by atoms with Crippen LogP contribution in [0.15, 0.2) is 4.47 Å². The smallest absolute Gasteiger partial charge is 0.0857 e. The molecule has 5 heteroatoms. The number of aromatic nitrogens is 2. The Labute approximate surface area is 110 Å². The van der Waals surface area contributed by atoms with Crippen molar-refractivity contribution in [1.82, 2.24) is 9.78 Å². The monoisotopic (exact) mass is 302 g/mol. The van der Waals surface area contributed by atoms with Gasteiger partial charge in [0, 0.05) is 20.1 Å². The summed E-state index contributed by atoms with van der Waals surface area (Å²) in [6.45, 7) is 2.73. The Morgan fingerprint density at radius 3 is 2.88 bits per heavy atom. The zero-order chi connectivity index (χ0) is 12.4. The van der Waals surface area contributed by atoms with Crippen molar-refractivity contribution in [3.05, 3.63) is 15.9 Å². The Morgan fingerprint density at radius 1 is 1.59 bits per heavy atom. The van der Waals surface area contributed by atoms with Gasteiger partial charge in [0.05, 0.1) is 28.1 Å². The summed E-state index contributed by atoms with van der Waals surface area (Å²) < 4.78 is 8.42. The zero-order valence-electron chi connectivity index (χ0n) is 10.3. The van der Waals surface area contributed by atoms with E-state index in [1.165, 1.54) is 0 Å². The second-order valence-corrected chi connectivity index (χ2v) is 5.44. The molecule has 0 aromatic carbocycles. The fourth-order valence-corrected chi connectivity index (χ4v) is 2.80. The lowest BCUT2D eigenvalue weighted by molar-refractivity contribution is -0.0617. The van der Waals surface area contributed by atoms with Crippen molar-refractivity contribution >= 4 is 15.9 Å². The van der Waals surface area contributed by atoms with Gasteiger partial charge in [0.25, 0.3) is 0 Å². The minimum Gasteiger partial charge on any atom is -0.390 e. The summed E-state index contributed by atoms with van der Waals surface area (Å²) in [5.74, 6) is 0. The van der Waals surface area contributed by atoms with Gasteiger partial charge in [0.2, 0.25) is 0 Å². The minimum absolute atomic E-state index is 0.0224. The van der Waals surface area contributed by atoms with Crippen molar-refractivity contribution in [2.75, 3.05) is 6.61 Å². The lowest BCUT2D eigenvalue weighted by Gasteiger charge is -2.27. The first-order valence-electron chi connectivity index (χ1n) is 6.07. The maximum Gasteiger partial charge on any atom is 0.0857 e. The van der Waals surface area contributed by atoms with E-state index in [0.29, 0.717) is 6.42 Å². The molecule has 0 bridgehead atoms. The number of ether oxygens (including phenoxy) is 1. The van der Waals surface area contributed by atoms with Crippen molar-refractivity contribution in [2.24, 2.45) is 7.05 Å². The summed E-state index contributed by atoms with van der Waals surface area (Å²) >= 11 is 3.52. The third-order valence-electron chi connectivity index (χ3n) is 3.31. The molecule has 1 saturated heterocycles. The molecule has 0 radical (unpaired) electrons. The number of nitrogens with zero attached hydrogens (tertiary/aromatic N) is 2. The maximum atomic E-state index is 10.2. The minimum atomic E-state index is -0.443. The number of hydrogen-bond donors (Lipinski definition) is 1. The summed E-state index contributed by atoms with van der Waals surface area (Å²) in [5, 5.41) is 14.5. The highest BCUT2D eigenvalue weighted by Crippen LogP contribution is 2.24. The molecule has 2 atom stereocenters. The average molecular weight is 303 g/mol. The highest BCUT2D eigenvalue weighted by atomic mass is 79.9. The summed E-state index contributed by atoms with van der Waals surface area (Å²) in [5.41, 5.74) is 1.99. The number of aryl methyl sites for hydroxylation is 2. The molecule has 2 rings (SSSR count). The van der Waals surface area contributed by atoms with E-state index >= 15 is 0 Å². The molecule has 0 saturated carbocycles. The molecule has 1 fully saturated rings. The summed E-state index contributed by atoms with van der Waals surface area (Å²) in [6.07, 6.45) is 3.33. The van der Waals surface area contributed by atoms with Crippen molar-refractivity contribution in [3.63, 3.8) is 0 Å². The van der Waals surface area contributed by atoms with Crippen LogP contribution in [0.2, 0.25) is 0 Å². The van der Waals surface area contributed by atoms with Crippen LogP contribution >= 0.6 is 15.9 Å². The molecule has 96 valence electrons. The number of rotatable bonds is 3. The molecule has 1 aromatic heterocycles. The number of halogens is 1. The Balaban J connectivity index is 2.04. The third-order valence-corrected chi connectivity index (χ3v) is 4.34. The van der Waals surface area contributed by atoms with E-state index in [-0.39, 0.29) is 6.10 Å². The van der Waals surface area contributed by atoms with Gasteiger partial charge in [-0.1, -0.05) is 0 Å². The molecule has 1 aromatic rings.